The van der Waals surface area contributed by atoms with Crippen molar-refractivity contribution in [2.75, 3.05) is 0 Å². The van der Waals surface area contributed by atoms with Gasteiger partial charge in [0, 0.05) is 6.04 Å². The number of hydrogen-bond acceptors (Lipinski definition) is 2. The summed E-state index contributed by atoms with van der Waals surface area (Å²) < 4.78 is 0. The third-order valence-corrected chi connectivity index (χ3v) is 1.84. The van der Waals surface area contributed by atoms with Crippen LogP contribution in [0.15, 0.2) is 24.3 Å². The lowest BCUT2D eigenvalue weighted by atomic mass is 10.0. The van der Waals surface area contributed by atoms with Crippen molar-refractivity contribution >= 4 is 11.7 Å². The summed E-state index contributed by atoms with van der Waals surface area (Å²) in [5.74, 6) is -0.924. The van der Waals surface area contributed by atoms with E-state index in [1.807, 2.05) is 0 Å². The molecule has 0 heterocycles. The topological polar surface area (TPSA) is 67.7 Å². The van der Waals surface area contributed by atoms with E-state index in [0.29, 0.717) is 5.69 Å². The molecule has 0 spiro atoms. The molecule has 0 bridgehead atoms. The van der Waals surface area contributed by atoms with E-state index >= 15 is 0 Å². The molecule has 72 valence electrons. The van der Waals surface area contributed by atoms with Gasteiger partial charge in [-0.2, -0.15) is 0 Å². The normalized spacial score (nSPS) is 11.7. The Bertz CT molecular complexity index is 365. The summed E-state index contributed by atoms with van der Waals surface area (Å²) in [6.45, 7) is 6.73. The first-order chi connectivity index (χ1) is 6.63. The number of rotatable bonds is 3. The van der Waals surface area contributed by atoms with Crippen molar-refractivity contribution in [3.05, 3.63) is 41.2 Å². The number of nitrogens with two attached hydrogens (primary N) is 1. The van der Waals surface area contributed by atoms with Crippen LogP contribution in [-0.2, 0) is 4.79 Å². The van der Waals surface area contributed by atoms with E-state index in [4.69, 9.17) is 17.4 Å². The Morgan fingerprint density at radius 2 is 2.07 bits per heavy atom. The summed E-state index contributed by atoms with van der Waals surface area (Å²) >= 11 is 0. The van der Waals surface area contributed by atoms with Crippen LogP contribution in [-0.4, -0.2) is 11.1 Å². The first kappa shape index (κ1) is 10.2. The number of hydrogen-bond donors (Lipinski definition) is 2. The summed E-state index contributed by atoms with van der Waals surface area (Å²) in [4.78, 5) is 13.6. The molecule has 4 heteroatoms. The number of benzene rings is 1. The Labute approximate surface area is 81.8 Å². The molecule has 0 aromatic heterocycles. The van der Waals surface area contributed by atoms with Crippen molar-refractivity contribution < 1.29 is 9.90 Å². The Kier molecular flexibility index (Phi) is 3.21. The first-order valence-corrected chi connectivity index (χ1v) is 4.08. The van der Waals surface area contributed by atoms with Crippen LogP contribution in [0.4, 0.5) is 5.69 Å². The minimum atomic E-state index is -0.924. The van der Waals surface area contributed by atoms with E-state index in [-0.39, 0.29) is 6.42 Å². The summed E-state index contributed by atoms with van der Waals surface area (Å²) in [7, 11) is 0. The lowest BCUT2D eigenvalue weighted by molar-refractivity contribution is -0.137. The second-order valence-electron chi connectivity index (χ2n) is 2.91. The van der Waals surface area contributed by atoms with Gasteiger partial charge in [-0.3, -0.25) is 4.79 Å². The third kappa shape index (κ3) is 2.57. The Hall–Kier alpha value is -1.86. The highest BCUT2D eigenvalue weighted by atomic mass is 16.4. The van der Waals surface area contributed by atoms with Crippen LogP contribution in [0.3, 0.4) is 0 Å². The van der Waals surface area contributed by atoms with Crippen LogP contribution in [0.25, 0.3) is 4.85 Å². The van der Waals surface area contributed by atoms with Gasteiger partial charge in [0.25, 0.3) is 0 Å². The third-order valence-electron chi connectivity index (χ3n) is 1.84. The number of carboxylic acid groups (broad SMARTS) is 1. The predicted octanol–water partition coefficient (Wildman–Crippen LogP) is 1.71. The maximum atomic E-state index is 10.4. The zero-order valence-electron chi connectivity index (χ0n) is 7.47. The van der Waals surface area contributed by atoms with Gasteiger partial charge in [-0.15, -0.1) is 0 Å². The van der Waals surface area contributed by atoms with Gasteiger partial charge in [0.1, 0.15) is 0 Å². The summed E-state index contributed by atoms with van der Waals surface area (Å²) in [6, 6.07) is 6.11. The molecule has 0 aliphatic carbocycles. The van der Waals surface area contributed by atoms with Crippen molar-refractivity contribution in [1.29, 1.82) is 0 Å². The Balaban J connectivity index is 2.77. The molecule has 0 saturated carbocycles. The van der Waals surface area contributed by atoms with Crippen LogP contribution >= 0.6 is 0 Å². The zero-order valence-corrected chi connectivity index (χ0v) is 7.47. The maximum absolute atomic E-state index is 10.4. The standard InChI is InChI=1S/C10H10N2O2/c1-12-8-4-2-7(3-5-8)9(11)6-10(13)14/h2-5,9H,6,11H2,(H,13,14)/t9-/m1/s1. The van der Waals surface area contributed by atoms with Gasteiger partial charge in [-0.1, -0.05) is 24.3 Å². The number of carbonyl (C=O) groups is 1. The molecule has 0 aliphatic rings. The molecular formula is C10H10N2O2. The molecule has 0 fully saturated rings. The van der Waals surface area contributed by atoms with E-state index in [1.165, 1.54) is 0 Å². The van der Waals surface area contributed by atoms with Gasteiger partial charge in [-0.25, -0.2) is 4.85 Å². The predicted molar refractivity (Wildman–Crippen MR) is 51.9 cm³/mol. The number of nitrogens with zero attached hydrogens (tertiary/aromatic N) is 1. The molecule has 1 aromatic carbocycles. The average molecular weight is 190 g/mol. The van der Waals surface area contributed by atoms with Crippen LogP contribution in [0, 0.1) is 6.57 Å². The smallest absolute Gasteiger partial charge is 0.305 e. The van der Waals surface area contributed by atoms with E-state index < -0.39 is 12.0 Å². The van der Waals surface area contributed by atoms with Gasteiger partial charge < -0.3 is 10.8 Å². The fraction of sp³-hybridized carbons (Fsp3) is 0.200. The molecule has 0 saturated heterocycles. The lowest BCUT2D eigenvalue weighted by Gasteiger charge is -2.08. The summed E-state index contributed by atoms with van der Waals surface area (Å²) in [6.07, 6.45) is -0.0998. The van der Waals surface area contributed by atoms with E-state index in [2.05, 4.69) is 4.85 Å². The molecular weight excluding hydrogens is 180 g/mol. The highest BCUT2D eigenvalue weighted by Gasteiger charge is 2.09. The Morgan fingerprint density at radius 3 is 2.50 bits per heavy atom. The van der Waals surface area contributed by atoms with Crippen molar-refractivity contribution in [1.82, 2.24) is 0 Å². The lowest BCUT2D eigenvalue weighted by Crippen LogP contribution is -2.14. The maximum Gasteiger partial charge on any atom is 0.305 e. The molecule has 14 heavy (non-hydrogen) atoms. The summed E-state index contributed by atoms with van der Waals surface area (Å²) in [5, 5.41) is 8.52. The van der Waals surface area contributed by atoms with Gasteiger partial charge in [-0.05, 0) is 5.56 Å². The first-order valence-electron chi connectivity index (χ1n) is 4.08. The van der Waals surface area contributed by atoms with Gasteiger partial charge in [0.2, 0.25) is 0 Å². The molecule has 0 amide bonds. The van der Waals surface area contributed by atoms with E-state index in [9.17, 15) is 4.79 Å². The quantitative estimate of drug-likeness (QED) is 0.713. The molecule has 1 atom stereocenters. The van der Waals surface area contributed by atoms with Crippen LogP contribution in [0.5, 0.6) is 0 Å². The molecule has 1 rings (SSSR count). The summed E-state index contributed by atoms with van der Waals surface area (Å²) in [5.41, 5.74) is 6.89. The van der Waals surface area contributed by atoms with Crippen molar-refractivity contribution in [3.63, 3.8) is 0 Å². The number of aliphatic carboxylic acids is 1. The van der Waals surface area contributed by atoms with Crippen LogP contribution in [0.2, 0.25) is 0 Å². The monoisotopic (exact) mass is 190 g/mol. The highest BCUT2D eigenvalue weighted by Crippen LogP contribution is 2.18. The molecule has 0 unspecified atom stereocenters. The molecule has 0 aliphatic heterocycles. The molecule has 1 aromatic rings. The fourth-order valence-electron chi connectivity index (χ4n) is 1.10. The second kappa shape index (κ2) is 4.40. The Morgan fingerprint density at radius 1 is 1.50 bits per heavy atom. The fourth-order valence-corrected chi connectivity index (χ4v) is 1.10. The highest BCUT2D eigenvalue weighted by molar-refractivity contribution is 5.68. The molecule has 4 nitrogen and oxygen atoms in total. The molecule has 3 N–H and O–H groups in total. The van der Waals surface area contributed by atoms with Gasteiger partial charge in [0.05, 0.1) is 13.0 Å². The minimum Gasteiger partial charge on any atom is -0.481 e. The molecule has 0 radical (unpaired) electrons. The minimum absolute atomic E-state index is 0.0998. The average Bonchev–Trinajstić information content (AvgIpc) is 2.17. The largest absolute Gasteiger partial charge is 0.481 e. The number of carboxylic acids is 1. The van der Waals surface area contributed by atoms with Crippen molar-refractivity contribution in [2.45, 2.75) is 12.5 Å². The van der Waals surface area contributed by atoms with Crippen LogP contribution in [0.1, 0.15) is 18.0 Å². The van der Waals surface area contributed by atoms with E-state index in [0.717, 1.165) is 5.56 Å². The zero-order chi connectivity index (χ0) is 10.6. The van der Waals surface area contributed by atoms with Gasteiger partial charge in [0.15, 0.2) is 5.69 Å². The van der Waals surface area contributed by atoms with Crippen LogP contribution < -0.4 is 5.73 Å². The van der Waals surface area contributed by atoms with Crippen molar-refractivity contribution in [2.24, 2.45) is 5.73 Å². The van der Waals surface area contributed by atoms with E-state index in [1.54, 1.807) is 24.3 Å². The second-order valence-corrected chi connectivity index (χ2v) is 2.91. The van der Waals surface area contributed by atoms with Gasteiger partial charge >= 0.3 is 5.97 Å². The SMILES string of the molecule is [C-]#[N+]c1ccc([C@H](N)CC(=O)O)cc1. The van der Waals surface area contributed by atoms with Crippen molar-refractivity contribution in [3.8, 4) is 0 Å².